The molecule has 0 aliphatic heterocycles. The van der Waals surface area contributed by atoms with E-state index in [2.05, 4.69) is 10.5 Å². The molecule has 0 saturated heterocycles. The fourth-order valence-electron chi connectivity index (χ4n) is 2.73. The predicted octanol–water partition coefficient (Wildman–Crippen LogP) is 4.40. The van der Waals surface area contributed by atoms with Gasteiger partial charge in [-0.1, -0.05) is 11.6 Å². The largest absolute Gasteiger partial charge is 0.490 e. The molecule has 0 fully saturated rings. The van der Waals surface area contributed by atoms with E-state index in [1.807, 2.05) is 0 Å². The number of non-ortho nitro benzene ring substituents is 1. The zero-order valence-corrected chi connectivity index (χ0v) is 19.2. The molecular formula is C24H20ClN3O7. The quantitative estimate of drug-likeness (QED) is 0.144. The Morgan fingerprint density at radius 1 is 1.03 bits per heavy atom. The van der Waals surface area contributed by atoms with E-state index < -0.39 is 16.8 Å². The number of carbonyl (C=O) groups excluding carboxylic acids is 2. The summed E-state index contributed by atoms with van der Waals surface area (Å²) < 4.78 is 16.3. The lowest BCUT2D eigenvalue weighted by molar-refractivity contribution is -0.384. The average molecular weight is 498 g/mol. The highest BCUT2D eigenvalue weighted by molar-refractivity contribution is 6.30. The van der Waals surface area contributed by atoms with Gasteiger partial charge in [-0.25, -0.2) is 10.2 Å². The lowest BCUT2D eigenvalue weighted by Crippen LogP contribution is -2.24. The van der Waals surface area contributed by atoms with Gasteiger partial charge >= 0.3 is 5.97 Å². The van der Waals surface area contributed by atoms with Gasteiger partial charge in [0.1, 0.15) is 5.75 Å². The summed E-state index contributed by atoms with van der Waals surface area (Å²) in [5.74, 6) is -0.238. The van der Waals surface area contributed by atoms with Crippen LogP contribution in [0.3, 0.4) is 0 Å². The second-order valence-electron chi connectivity index (χ2n) is 6.87. The van der Waals surface area contributed by atoms with E-state index in [1.165, 1.54) is 30.5 Å². The SMILES string of the molecule is CCOc1cc(C=NNC(=O)COc2ccc([N+](=O)[O-])cc2)ccc1OC(=O)c1ccc(Cl)cc1. The molecule has 0 aliphatic rings. The second kappa shape index (κ2) is 12.1. The Balaban J connectivity index is 1.56. The number of carbonyl (C=O) groups is 2. The van der Waals surface area contributed by atoms with Gasteiger partial charge in [0.05, 0.1) is 23.3 Å². The van der Waals surface area contributed by atoms with E-state index in [1.54, 1.807) is 49.4 Å². The standard InChI is InChI=1S/C24H20ClN3O7/c1-2-33-22-13-16(3-12-21(22)35-24(30)17-4-6-18(25)7-5-17)14-26-27-23(29)15-34-20-10-8-19(9-11-20)28(31)32/h3-14H,2,15H2,1H3,(H,27,29). The number of nitro benzene ring substituents is 1. The average Bonchev–Trinajstić information content (AvgIpc) is 2.85. The van der Waals surface area contributed by atoms with Crippen LogP contribution in [0.1, 0.15) is 22.8 Å². The molecule has 3 aromatic rings. The van der Waals surface area contributed by atoms with Crippen molar-refractivity contribution in [2.75, 3.05) is 13.2 Å². The van der Waals surface area contributed by atoms with Gasteiger partial charge in [0.15, 0.2) is 18.1 Å². The predicted molar refractivity (Wildman–Crippen MR) is 128 cm³/mol. The Hall–Kier alpha value is -4.44. The van der Waals surface area contributed by atoms with Crippen molar-refractivity contribution in [2.24, 2.45) is 5.10 Å². The molecule has 3 aromatic carbocycles. The zero-order chi connectivity index (χ0) is 25.2. The smallest absolute Gasteiger partial charge is 0.343 e. The number of nitrogens with zero attached hydrogens (tertiary/aromatic N) is 2. The second-order valence-corrected chi connectivity index (χ2v) is 7.30. The number of hydrogen-bond acceptors (Lipinski definition) is 8. The molecule has 0 aromatic heterocycles. The molecule has 0 bridgehead atoms. The number of esters is 1. The summed E-state index contributed by atoms with van der Waals surface area (Å²) in [4.78, 5) is 34.4. The minimum atomic E-state index is -0.565. The molecule has 0 aliphatic carbocycles. The van der Waals surface area contributed by atoms with Crippen molar-refractivity contribution in [2.45, 2.75) is 6.92 Å². The van der Waals surface area contributed by atoms with Gasteiger partial charge in [-0.3, -0.25) is 14.9 Å². The Morgan fingerprint density at radius 2 is 1.74 bits per heavy atom. The lowest BCUT2D eigenvalue weighted by atomic mass is 10.2. The van der Waals surface area contributed by atoms with Crippen molar-refractivity contribution in [3.05, 3.63) is 93.0 Å². The van der Waals surface area contributed by atoms with Crippen molar-refractivity contribution < 1.29 is 28.7 Å². The number of amides is 1. The summed E-state index contributed by atoms with van der Waals surface area (Å²) in [5.41, 5.74) is 3.15. The topological polar surface area (TPSA) is 129 Å². The normalized spacial score (nSPS) is 10.6. The van der Waals surface area contributed by atoms with Gasteiger partial charge in [0.25, 0.3) is 11.6 Å². The first-order chi connectivity index (χ1) is 16.9. The van der Waals surface area contributed by atoms with Gasteiger partial charge < -0.3 is 14.2 Å². The fourth-order valence-corrected chi connectivity index (χ4v) is 2.85. The van der Waals surface area contributed by atoms with Crippen molar-refractivity contribution in [3.63, 3.8) is 0 Å². The third kappa shape index (κ3) is 7.54. The highest BCUT2D eigenvalue weighted by atomic mass is 35.5. The Kier molecular flexibility index (Phi) is 8.74. The molecule has 1 N–H and O–H groups in total. The van der Waals surface area contributed by atoms with Crippen LogP contribution in [0.2, 0.25) is 5.02 Å². The fraction of sp³-hybridized carbons (Fsp3) is 0.125. The first kappa shape index (κ1) is 25.2. The maximum atomic E-state index is 12.4. The third-order valence-electron chi connectivity index (χ3n) is 4.37. The summed E-state index contributed by atoms with van der Waals surface area (Å²) in [5, 5.41) is 15.0. The molecular weight excluding hydrogens is 478 g/mol. The van der Waals surface area contributed by atoms with Crippen molar-refractivity contribution in [1.29, 1.82) is 0 Å². The van der Waals surface area contributed by atoms with E-state index in [0.29, 0.717) is 34.3 Å². The number of nitrogens with one attached hydrogen (secondary N) is 1. The molecule has 35 heavy (non-hydrogen) atoms. The van der Waals surface area contributed by atoms with Gasteiger partial charge in [0, 0.05) is 17.2 Å². The van der Waals surface area contributed by atoms with Crippen LogP contribution in [0.4, 0.5) is 5.69 Å². The van der Waals surface area contributed by atoms with Crippen LogP contribution in [-0.2, 0) is 4.79 Å². The van der Waals surface area contributed by atoms with Gasteiger partial charge in [-0.05, 0) is 67.1 Å². The highest BCUT2D eigenvalue weighted by Crippen LogP contribution is 2.29. The number of halogens is 1. The first-order valence-corrected chi connectivity index (χ1v) is 10.7. The monoisotopic (exact) mass is 497 g/mol. The number of hydrazone groups is 1. The minimum Gasteiger partial charge on any atom is -0.490 e. The molecule has 0 heterocycles. The van der Waals surface area contributed by atoms with Crippen LogP contribution >= 0.6 is 11.6 Å². The van der Waals surface area contributed by atoms with Crippen molar-refractivity contribution >= 4 is 35.4 Å². The number of hydrogen-bond donors (Lipinski definition) is 1. The summed E-state index contributed by atoms with van der Waals surface area (Å²) in [7, 11) is 0. The maximum Gasteiger partial charge on any atom is 0.343 e. The molecule has 0 atom stereocenters. The summed E-state index contributed by atoms with van der Waals surface area (Å²) in [6.45, 7) is 1.79. The van der Waals surface area contributed by atoms with E-state index in [9.17, 15) is 19.7 Å². The third-order valence-corrected chi connectivity index (χ3v) is 4.62. The maximum absolute atomic E-state index is 12.4. The van der Waals surface area contributed by atoms with Crippen LogP contribution < -0.4 is 19.6 Å². The molecule has 0 saturated carbocycles. The van der Waals surface area contributed by atoms with Crippen LogP contribution in [0.5, 0.6) is 17.2 Å². The first-order valence-electron chi connectivity index (χ1n) is 10.3. The van der Waals surface area contributed by atoms with E-state index >= 15 is 0 Å². The summed E-state index contributed by atoms with van der Waals surface area (Å²) >= 11 is 5.84. The summed E-state index contributed by atoms with van der Waals surface area (Å²) in [6, 6.07) is 16.4. The molecule has 0 unspecified atom stereocenters. The molecule has 1 amide bonds. The van der Waals surface area contributed by atoms with Gasteiger partial charge in [0.2, 0.25) is 0 Å². The van der Waals surface area contributed by atoms with Gasteiger partial charge in [-0.2, -0.15) is 5.10 Å². The minimum absolute atomic E-state index is 0.0800. The highest BCUT2D eigenvalue weighted by Gasteiger charge is 2.13. The molecule has 10 nitrogen and oxygen atoms in total. The van der Waals surface area contributed by atoms with Crippen LogP contribution in [0, 0.1) is 10.1 Å². The molecule has 180 valence electrons. The van der Waals surface area contributed by atoms with Crippen LogP contribution in [0.15, 0.2) is 71.8 Å². The molecule has 3 rings (SSSR count). The Morgan fingerprint density at radius 3 is 2.40 bits per heavy atom. The number of ether oxygens (including phenoxy) is 3. The van der Waals surface area contributed by atoms with Crippen LogP contribution in [-0.4, -0.2) is 36.2 Å². The lowest BCUT2D eigenvalue weighted by Gasteiger charge is -2.11. The number of nitro groups is 1. The molecule has 0 spiro atoms. The zero-order valence-electron chi connectivity index (χ0n) is 18.5. The van der Waals surface area contributed by atoms with E-state index in [4.69, 9.17) is 25.8 Å². The van der Waals surface area contributed by atoms with E-state index in [0.717, 1.165) is 0 Å². The number of benzene rings is 3. The van der Waals surface area contributed by atoms with Crippen molar-refractivity contribution in [1.82, 2.24) is 5.43 Å². The number of rotatable bonds is 10. The molecule has 11 heteroatoms. The molecule has 0 radical (unpaired) electrons. The van der Waals surface area contributed by atoms with Gasteiger partial charge in [-0.15, -0.1) is 0 Å². The Bertz CT molecular complexity index is 1230. The van der Waals surface area contributed by atoms with Crippen molar-refractivity contribution in [3.8, 4) is 17.2 Å². The summed E-state index contributed by atoms with van der Waals surface area (Å²) in [6.07, 6.45) is 1.39. The van der Waals surface area contributed by atoms with Crippen LogP contribution in [0.25, 0.3) is 0 Å². The van der Waals surface area contributed by atoms with E-state index in [-0.39, 0.29) is 18.0 Å². The Labute approximate surface area is 205 Å².